The molecule has 0 fully saturated rings. The van der Waals surface area contributed by atoms with Gasteiger partial charge in [0, 0.05) is 6.20 Å². The number of anilines is 1. The zero-order valence-corrected chi connectivity index (χ0v) is 9.44. The molecule has 0 bridgehead atoms. The molecule has 2 N–H and O–H groups in total. The van der Waals surface area contributed by atoms with E-state index >= 15 is 0 Å². The first-order valence-electron chi connectivity index (χ1n) is 4.83. The summed E-state index contributed by atoms with van der Waals surface area (Å²) in [6.45, 7) is 0.418. The summed E-state index contributed by atoms with van der Waals surface area (Å²) in [5.41, 5.74) is 1.10. The molecule has 0 aliphatic carbocycles. The third-order valence-electron chi connectivity index (χ3n) is 2.20. The minimum atomic E-state index is -0.502. The number of para-hydroxylation sites is 1. The Labute approximate surface area is 102 Å². The monoisotopic (exact) mass is 252 g/mol. The molecule has 88 valence electrons. The fraction of sp³-hybridized carbons (Fsp3) is 0.100. The summed E-state index contributed by atoms with van der Waals surface area (Å²) >= 11 is 5.78. The molecule has 0 atom stereocenters. The molecular formula is C10H9ClN4O2. The van der Waals surface area contributed by atoms with E-state index in [4.69, 9.17) is 11.6 Å². The van der Waals surface area contributed by atoms with Crippen LogP contribution in [0.3, 0.4) is 0 Å². The SMILES string of the molecule is O=[N+]([O-])c1c(Cl)cccc1NCc1ccn[nH]1. The largest absolute Gasteiger partial charge is 0.374 e. The molecule has 0 saturated heterocycles. The maximum Gasteiger partial charge on any atom is 0.310 e. The van der Waals surface area contributed by atoms with Crippen LogP contribution in [0.25, 0.3) is 0 Å². The van der Waals surface area contributed by atoms with Gasteiger partial charge in [-0.05, 0) is 18.2 Å². The fourth-order valence-corrected chi connectivity index (χ4v) is 1.66. The highest BCUT2D eigenvalue weighted by Gasteiger charge is 2.17. The number of H-pyrrole nitrogens is 1. The maximum absolute atomic E-state index is 10.9. The summed E-state index contributed by atoms with van der Waals surface area (Å²) in [6, 6.07) is 6.54. The van der Waals surface area contributed by atoms with Crippen molar-refractivity contribution in [1.82, 2.24) is 10.2 Å². The van der Waals surface area contributed by atoms with Crippen LogP contribution in [0.15, 0.2) is 30.5 Å². The number of halogens is 1. The molecule has 1 aromatic carbocycles. The van der Waals surface area contributed by atoms with Gasteiger partial charge in [-0.25, -0.2) is 0 Å². The lowest BCUT2D eigenvalue weighted by Gasteiger charge is -2.06. The van der Waals surface area contributed by atoms with Crippen LogP contribution >= 0.6 is 11.6 Å². The van der Waals surface area contributed by atoms with Crippen molar-refractivity contribution in [2.45, 2.75) is 6.54 Å². The Bertz CT molecular complexity index is 527. The van der Waals surface area contributed by atoms with Crippen LogP contribution in [-0.4, -0.2) is 15.1 Å². The quantitative estimate of drug-likeness (QED) is 0.647. The van der Waals surface area contributed by atoms with E-state index in [9.17, 15) is 10.1 Å². The Balaban J connectivity index is 2.21. The summed E-state index contributed by atoms with van der Waals surface area (Å²) in [4.78, 5) is 10.4. The van der Waals surface area contributed by atoms with Crippen LogP contribution in [0.4, 0.5) is 11.4 Å². The summed E-state index contributed by atoms with van der Waals surface area (Å²) < 4.78 is 0. The van der Waals surface area contributed by atoms with Gasteiger partial charge in [-0.1, -0.05) is 17.7 Å². The molecule has 7 heteroatoms. The van der Waals surface area contributed by atoms with Gasteiger partial charge in [0.05, 0.1) is 17.2 Å². The molecule has 0 amide bonds. The number of aromatic amines is 1. The van der Waals surface area contributed by atoms with Crippen LogP contribution in [0.1, 0.15) is 5.69 Å². The van der Waals surface area contributed by atoms with Crippen LogP contribution in [0.5, 0.6) is 0 Å². The van der Waals surface area contributed by atoms with Crippen molar-refractivity contribution in [3.63, 3.8) is 0 Å². The number of nitro groups is 1. The van der Waals surface area contributed by atoms with Crippen molar-refractivity contribution in [2.24, 2.45) is 0 Å². The lowest BCUT2D eigenvalue weighted by Crippen LogP contribution is -2.03. The topological polar surface area (TPSA) is 83.8 Å². The number of hydrogen-bond acceptors (Lipinski definition) is 4. The number of benzene rings is 1. The average molecular weight is 253 g/mol. The first-order chi connectivity index (χ1) is 8.18. The van der Waals surface area contributed by atoms with Gasteiger partial charge in [-0.15, -0.1) is 0 Å². The van der Waals surface area contributed by atoms with E-state index in [-0.39, 0.29) is 10.7 Å². The minimum Gasteiger partial charge on any atom is -0.374 e. The van der Waals surface area contributed by atoms with E-state index in [0.717, 1.165) is 5.69 Å². The highest BCUT2D eigenvalue weighted by atomic mass is 35.5. The highest BCUT2D eigenvalue weighted by molar-refractivity contribution is 6.33. The molecular weight excluding hydrogens is 244 g/mol. The Morgan fingerprint density at radius 1 is 1.47 bits per heavy atom. The summed E-state index contributed by atoms with van der Waals surface area (Å²) in [7, 11) is 0. The summed E-state index contributed by atoms with van der Waals surface area (Å²) in [5.74, 6) is 0. The third-order valence-corrected chi connectivity index (χ3v) is 2.50. The van der Waals surface area contributed by atoms with E-state index in [1.807, 2.05) is 0 Å². The number of aromatic nitrogens is 2. The predicted molar refractivity (Wildman–Crippen MR) is 64.0 cm³/mol. The molecule has 0 spiro atoms. The standard InChI is InChI=1S/C10H9ClN4O2/c11-8-2-1-3-9(10(8)15(16)17)12-6-7-4-5-13-14-7/h1-5,12H,6H2,(H,13,14). The van der Waals surface area contributed by atoms with Gasteiger partial charge in [-0.3, -0.25) is 15.2 Å². The molecule has 6 nitrogen and oxygen atoms in total. The van der Waals surface area contributed by atoms with Gasteiger partial charge in [-0.2, -0.15) is 5.10 Å². The molecule has 0 radical (unpaired) electrons. The van der Waals surface area contributed by atoms with Crippen molar-refractivity contribution in [3.8, 4) is 0 Å². The predicted octanol–water partition coefficient (Wildman–Crippen LogP) is 2.58. The molecule has 2 rings (SSSR count). The van der Waals surface area contributed by atoms with E-state index in [1.54, 1.807) is 24.4 Å². The van der Waals surface area contributed by atoms with Gasteiger partial charge in [0.25, 0.3) is 0 Å². The Morgan fingerprint density at radius 2 is 2.29 bits per heavy atom. The molecule has 0 unspecified atom stereocenters. The molecule has 17 heavy (non-hydrogen) atoms. The zero-order valence-electron chi connectivity index (χ0n) is 8.68. The number of nitro benzene ring substituents is 1. The van der Waals surface area contributed by atoms with E-state index in [0.29, 0.717) is 12.2 Å². The minimum absolute atomic E-state index is 0.115. The van der Waals surface area contributed by atoms with E-state index < -0.39 is 4.92 Å². The van der Waals surface area contributed by atoms with Crippen molar-refractivity contribution >= 4 is 23.0 Å². The van der Waals surface area contributed by atoms with Gasteiger partial charge in [0.15, 0.2) is 0 Å². The maximum atomic E-state index is 10.9. The fourth-order valence-electron chi connectivity index (χ4n) is 1.42. The smallest absolute Gasteiger partial charge is 0.310 e. The van der Waals surface area contributed by atoms with Crippen molar-refractivity contribution < 1.29 is 4.92 Å². The molecule has 0 saturated carbocycles. The average Bonchev–Trinajstić information content (AvgIpc) is 2.78. The van der Waals surface area contributed by atoms with Crippen LogP contribution in [-0.2, 0) is 6.54 Å². The lowest BCUT2D eigenvalue weighted by atomic mass is 10.2. The molecule has 1 aromatic heterocycles. The van der Waals surface area contributed by atoms with Crippen molar-refractivity contribution in [1.29, 1.82) is 0 Å². The van der Waals surface area contributed by atoms with Crippen LogP contribution in [0, 0.1) is 10.1 Å². The van der Waals surface area contributed by atoms with E-state index in [1.165, 1.54) is 6.07 Å². The molecule has 1 heterocycles. The molecule has 0 aliphatic rings. The second-order valence-electron chi connectivity index (χ2n) is 3.33. The van der Waals surface area contributed by atoms with Crippen molar-refractivity contribution in [3.05, 3.63) is 51.3 Å². The highest BCUT2D eigenvalue weighted by Crippen LogP contribution is 2.32. The van der Waals surface area contributed by atoms with Gasteiger partial charge >= 0.3 is 5.69 Å². The number of hydrogen-bond donors (Lipinski definition) is 2. The number of nitrogens with zero attached hydrogens (tertiary/aromatic N) is 2. The second kappa shape index (κ2) is 4.84. The van der Waals surface area contributed by atoms with Gasteiger partial charge in [0.1, 0.15) is 10.7 Å². The first kappa shape index (κ1) is 11.4. The summed E-state index contributed by atoms with van der Waals surface area (Å²) in [6.07, 6.45) is 1.61. The third kappa shape index (κ3) is 2.54. The Morgan fingerprint density at radius 3 is 2.94 bits per heavy atom. The molecule has 0 aliphatic heterocycles. The Kier molecular flexibility index (Phi) is 3.24. The Hall–Kier alpha value is -2.08. The van der Waals surface area contributed by atoms with Gasteiger partial charge < -0.3 is 5.32 Å². The van der Waals surface area contributed by atoms with E-state index in [2.05, 4.69) is 15.5 Å². The normalized spacial score (nSPS) is 10.2. The first-order valence-corrected chi connectivity index (χ1v) is 5.21. The number of rotatable bonds is 4. The van der Waals surface area contributed by atoms with Crippen molar-refractivity contribution in [2.75, 3.05) is 5.32 Å². The second-order valence-corrected chi connectivity index (χ2v) is 3.74. The number of nitrogens with one attached hydrogen (secondary N) is 2. The van der Waals surface area contributed by atoms with Crippen LogP contribution < -0.4 is 5.32 Å². The van der Waals surface area contributed by atoms with Crippen LogP contribution in [0.2, 0.25) is 5.02 Å². The lowest BCUT2D eigenvalue weighted by molar-refractivity contribution is -0.383. The van der Waals surface area contributed by atoms with Gasteiger partial charge in [0.2, 0.25) is 0 Å². The molecule has 2 aromatic rings. The zero-order chi connectivity index (χ0) is 12.3. The summed E-state index contributed by atoms with van der Waals surface area (Å²) in [5, 5.41) is 20.5.